The van der Waals surface area contributed by atoms with Crippen LogP contribution in [0.25, 0.3) is 0 Å². The van der Waals surface area contributed by atoms with Gasteiger partial charge in [-0.15, -0.1) is 0 Å². The number of ether oxygens (including phenoxy) is 1. The van der Waals surface area contributed by atoms with Crippen LogP contribution in [0.3, 0.4) is 0 Å². The highest BCUT2D eigenvalue weighted by Gasteiger charge is 2.60. The minimum absolute atomic E-state index is 0.0344. The van der Waals surface area contributed by atoms with Crippen LogP contribution in [0.15, 0.2) is 36.4 Å². The summed E-state index contributed by atoms with van der Waals surface area (Å²) in [5.74, 6) is -3.81. The zero-order valence-electron chi connectivity index (χ0n) is 16.5. The number of carbonyl (C=O) groups excluding carboxylic acids is 5. The van der Waals surface area contributed by atoms with Crippen molar-refractivity contribution >= 4 is 41.2 Å². The van der Waals surface area contributed by atoms with E-state index in [4.69, 9.17) is 16.3 Å². The molecule has 1 saturated carbocycles. The number of carbonyl (C=O) groups is 5. The van der Waals surface area contributed by atoms with Crippen molar-refractivity contribution in [3.05, 3.63) is 47.0 Å². The van der Waals surface area contributed by atoms with Gasteiger partial charge in [-0.05, 0) is 37.3 Å². The Morgan fingerprint density at radius 2 is 1.71 bits per heavy atom. The molecule has 0 unspecified atom stereocenters. The van der Waals surface area contributed by atoms with Crippen molar-refractivity contribution in [1.29, 1.82) is 0 Å². The second-order valence-corrected chi connectivity index (χ2v) is 8.22. The van der Waals surface area contributed by atoms with Gasteiger partial charge in [0.15, 0.2) is 6.61 Å². The molecule has 2 aliphatic carbocycles. The van der Waals surface area contributed by atoms with Gasteiger partial charge in [-0.25, -0.2) is 4.79 Å². The molecule has 31 heavy (non-hydrogen) atoms. The number of amides is 4. The highest BCUT2D eigenvalue weighted by molar-refractivity contribution is 6.33. The third-order valence-corrected chi connectivity index (χ3v) is 6.34. The number of imide groups is 1. The lowest BCUT2D eigenvalue weighted by Crippen LogP contribution is -2.47. The van der Waals surface area contributed by atoms with E-state index in [-0.39, 0.29) is 34.2 Å². The van der Waals surface area contributed by atoms with Crippen LogP contribution in [-0.2, 0) is 23.9 Å². The number of halogens is 1. The van der Waals surface area contributed by atoms with Gasteiger partial charge < -0.3 is 4.74 Å². The SMILES string of the molecule is C[C@H](C(=O)OCC(=O)NNC(=O)c1ccccc1Cl)N1C(=O)[C@H]2[C@H](C1=O)[C@H]1C=C[C@H]2C1. The first-order chi connectivity index (χ1) is 14.8. The van der Waals surface area contributed by atoms with Gasteiger partial charge in [-0.3, -0.25) is 34.9 Å². The van der Waals surface area contributed by atoms with Gasteiger partial charge >= 0.3 is 5.97 Å². The summed E-state index contributed by atoms with van der Waals surface area (Å²) in [5, 5.41) is 0.211. The number of benzene rings is 1. The molecule has 9 nitrogen and oxygen atoms in total. The maximum atomic E-state index is 12.7. The Bertz CT molecular complexity index is 979. The number of fused-ring (bicyclic) bond motifs is 5. The Kier molecular flexibility index (Phi) is 5.53. The average molecular weight is 446 g/mol. The number of likely N-dealkylation sites (tertiary alicyclic amines) is 1. The molecule has 0 spiro atoms. The Morgan fingerprint density at radius 3 is 2.32 bits per heavy atom. The molecule has 0 radical (unpaired) electrons. The summed E-state index contributed by atoms with van der Waals surface area (Å²) in [7, 11) is 0. The van der Waals surface area contributed by atoms with E-state index in [9.17, 15) is 24.0 Å². The monoisotopic (exact) mass is 445 g/mol. The van der Waals surface area contributed by atoms with E-state index >= 15 is 0 Å². The normalized spacial score (nSPS) is 26.6. The first kappa shape index (κ1) is 21.0. The Morgan fingerprint density at radius 1 is 1.10 bits per heavy atom. The van der Waals surface area contributed by atoms with Crippen LogP contribution < -0.4 is 10.9 Å². The number of hydrogen-bond donors (Lipinski definition) is 2. The van der Waals surface area contributed by atoms with Gasteiger partial charge in [0.05, 0.1) is 22.4 Å². The summed E-state index contributed by atoms with van der Waals surface area (Å²) >= 11 is 5.91. The van der Waals surface area contributed by atoms with Gasteiger partial charge in [0, 0.05) is 0 Å². The molecule has 5 atom stereocenters. The second-order valence-electron chi connectivity index (χ2n) is 7.81. The van der Waals surface area contributed by atoms with E-state index in [2.05, 4.69) is 10.9 Å². The molecule has 0 aromatic heterocycles. The van der Waals surface area contributed by atoms with Crippen molar-refractivity contribution in [2.45, 2.75) is 19.4 Å². The fourth-order valence-corrected chi connectivity index (χ4v) is 4.77. The molecule has 4 amide bonds. The first-order valence-electron chi connectivity index (χ1n) is 9.85. The van der Waals surface area contributed by atoms with Crippen molar-refractivity contribution in [3.8, 4) is 0 Å². The maximum Gasteiger partial charge on any atom is 0.329 e. The van der Waals surface area contributed by atoms with Gasteiger partial charge in [-0.2, -0.15) is 0 Å². The van der Waals surface area contributed by atoms with E-state index in [0.717, 1.165) is 11.3 Å². The topological polar surface area (TPSA) is 122 Å². The molecule has 1 aromatic rings. The van der Waals surface area contributed by atoms with Crippen LogP contribution in [0.1, 0.15) is 23.7 Å². The predicted molar refractivity (Wildman–Crippen MR) is 107 cm³/mol. The molecule has 10 heteroatoms. The third kappa shape index (κ3) is 3.69. The van der Waals surface area contributed by atoms with Crippen LogP contribution >= 0.6 is 11.6 Å². The lowest BCUT2D eigenvalue weighted by Gasteiger charge is -2.23. The maximum absolute atomic E-state index is 12.7. The highest BCUT2D eigenvalue weighted by Crippen LogP contribution is 2.52. The minimum Gasteiger partial charge on any atom is -0.454 e. The van der Waals surface area contributed by atoms with Gasteiger partial charge in [-0.1, -0.05) is 35.9 Å². The molecule has 1 aromatic carbocycles. The third-order valence-electron chi connectivity index (χ3n) is 6.01. The molecule has 2 fully saturated rings. The number of nitrogens with zero attached hydrogens (tertiary/aromatic N) is 1. The lowest BCUT2D eigenvalue weighted by molar-refractivity contribution is -0.160. The number of nitrogens with one attached hydrogen (secondary N) is 2. The smallest absolute Gasteiger partial charge is 0.329 e. The summed E-state index contributed by atoms with van der Waals surface area (Å²) in [6, 6.07) is 5.13. The summed E-state index contributed by atoms with van der Waals surface area (Å²) < 4.78 is 4.94. The van der Waals surface area contributed by atoms with Crippen molar-refractivity contribution in [1.82, 2.24) is 15.8 Å². The Hall–Kier alpha value is -3.20. The largest absolute Gasteiger partial charge is 0.454 e. The molecule has 3 aliphatic rings. The van der Waals surface area contributed by atoms with Crippen molar-refractivity contribution < 1.29 is 28.7 Å². The van der Waals surface area contributed by atoms with Crippen LogP contribution in [0, 0.1) is 23.7 Å². The molecular formula is C21H20ClN3O6. The quantitative estimate of drug-likeness (QED) is 0.300. The Balaban J connectivity index is 1.27. The molecular weight excluding hydrogens is 426 g/mol. The van der Waals surface area contributed by atoms with Gasteiger partial charge in [0.1, 0.15) is 6.04 Å². The average Bonchev–Trinajstić information content (AvgIpc) is 3.43. The number of hydrogen-bond acceptors (Lipinski definition) is 6. The van der Waals surface area contributed by atoms with Crippen molar-refractivity contribution in [2.75, 3.05) is 6.61 Å². The molecule has 2 N–H and O–H groups in total. The molecule has 1 aliphatic heterocycles. The Labute approximate surface area is 182 Å². The minimum atomic E-state index is -1.14. The fourth-order valence-electron chi connectivity index (χ4n) is 4.55. The molecule has 2 bridgehead atoms. The number of allylic oxidation sites excluding steroid dienone is 2. The van der Waals surface area contributed by atoms with E-state index in [1.165, 1.54) is 19.1 Å². The number of esters is 1. The first-order valence-corrected chi connectivity index (χ1v) is 10.2. The van der Waals surface area contributed by atoms with E-state index in [1.807, 2.05) is 12.2 Å². The predicted octanol–water partition coefficient (Wildman–Crippen LogP) is 0.840. The van der Waals surface area contributed by atoms with Crippen molar-refractivity contribution in [3.63, 3.8) is 0 Å². The summed E-state index contributed by atoms with van der Waals surface area (Å²) in [6.07, 6.45) is 4.72. The van der Waals surface area contributed by atoms with Crippen LogP contribution in [-0.4, -0.2) is 47.1 Å². The summed E-state index contributed by atoms with van der Waals surface area (Å²) in [6.45, 7) is 0.702. The van der Waals surface area contributed by atoms with E-state index in [1.54, 1.807) is 12.1 Å². The highest BCUT2D eigenvalue weighted by atomic mass is 35.5. The second kappa shape index (κ2) is 8.14. The number of rotatable bonds is 5. The molecule has 1 heterocycles. The fraction of sp³-hybridized carbons (Fsp3) is 0.381. The molecule has 1 saturated heterocycles. The zero-order valence-corrected chi connectivity index (χ0v) is 17.3. The molecule has 162 valence electrons. The standard InChI is InChI=1S/C21H20ClN3O6/c1-10(25-19(28)16-11-6-7-12(8-11)17(16)20(25)29)21(30)31-9-15(26)23-24-18(27)13-4-2-3-5-14(13)22/h2-7,10-12,16-17H,8-9H2,1H3,(H,23,26)(H,24,27)/t10-,11+,12+,16-,17-/m1/s1. The van der Waals surface area contributed by atoms with Crippen LogP contribution in [0.5, 0.6) is 0 Å². The van der Waals surface area contributed by atoms with Gasteiger partial charge in [0.2, 0.25) is 11.8 Å². The van der Waals surface area contributed by atoms with E-state index < -0.39 is 42.3 Å². The van der Waals surface area contributed by atoms with Crippen LogP contribution in [0.4, 0.5) is 0 Å². The zero-order chi connectivity index (χ0) is 22.3. The van der Waals surface area contributed by atoms with E-state index in [0.29, 0.717) is 0 Å². The van der Waals surface area contributed by atoms with Gasteiger partial charge in [0.25, 0.3) is 11.8 Å². The summed E-state index contributed by atoms with van der Waals surface area (Å²) in [5.41, 5.74) is 4.44. The van der Waals surface area contributed by atoms with Crippen molar-refractivity contribution in [2.24, 2.45) is 23.7 Å². The van der Waals surface area contributed by atoms with Crippen LogP contribution in [0.2, 0.25) is 5.02 Å². The summed E-state index contributed by atoms with van der Waals surface area (Å²) in [4.78, 5) is 62.7. The lowest BCUT2D eigenvalue weighted by atomic mass is 9.85. The number of hydrazine groups is 1. The molecule has 4 rings (SSSR count).